The lowest BCUT2D eigenvalue weighted by atomic mass is 9.47. The normalized spacial score (nSPS) is 41.8. The van der Waals surface area contributed by atoms with Crippen LogP contribution in [-0.4, -0.2) is 19.4 Å². The van der Waals surface area contributed by atoms with E-state index in [9.17, 15) is 4.79 Å². The lowest BCUT2D eigenvalue weighted by Crippen LogP contribution is -2.51. The molecule has 0 bridgehead atoms. The smallest absolute Gasteiger partial charge is 0.438 e. The van der Waals surface area contributed by atoms with E-state index in [0.717, 1.165) is 54.8 Å². The summed E-state index contributed by atoms with van der Waals surface area (Å²) in [4.78, 5) is 11.6. The molecule has 0 N–H and O–H groups in total. The largest absolute Gasteiger partial charge is 0.508 e. The number of carbonyl (C=O) groups excluding carboxylic acids is 1. The van der Waals surface area contributed by atoms with E-state index in [4.69, 9.17) is 9.47 Å². The SMILES string of the molecule is COC(=O)OC1CC[C@@]2(C)C(=CC[C@H]3[C@@H]4CC[C@H]([C@H](C)CCCC(C)C)[C@@]4(C)CC[C@@H]32)C1. The number of allylic oxidation sites excluding steroid dienone is 1. The van der Waals surface area contributed by atoms with E-state index in [1.807, 2.05) is 0 Å². The van der Waals surface area contributed by atoms with E-state index in [0.29, 0.717) is 10.8 Å². The third-order valence-corrected chi connectivity index (χ3v) is 10.7. The molecule has 0 radical (unpaired) electrons. The Hall–Kier alpha value is -0.990. The number of ether oxygens (including phenoxy) is 2. The van der Waals surface area contributed by atoms with Crippen LogP contribution in [0.2, 0.25) is 0 Å². The molecule has 4 aliphatic carbocycles. The predicted molar refractivity (Wildman–Crippen MR) is 130 cm³/mol. The molecule has 0 amide bonds. The molecule has 3 nitrogen and oxygen atoms in total. The average Bonchev–Trinajstić information content (AvgIpc) is 3.11. The summed E-state index contributed by atoms with van der Waals surface area (Å²) in [5.41, 5.74) is 2.42. The number of hydrogen-bond donors (Lipinski definition) is 0. The Morgan fingerprint density at radius 3 is 2.56 bits per heavy atom. The summed E-state index contributed by atoms with van der Waals surface area (Å²) >= 11 is 0. The first-order chi connectivity index (χ1) is 15.2. The summed E-state index contributed by atoms with van der Waals surface area (Å²) in [7, 11) is 1.40. The van der Waals surface area contributed by atoms with Gasteiger partial charge in [-0.1, -0.05) is 65.5 Å². The highest BCUT2D eigenvalue weighted by Crippen LogP contribution is 2.67. The molecular formula is C29H48O3. The van der Waals surface area contributed by atoms with Crippen LogP contribution < -0.4 is 0 Å². The van der Waals surface area contributed by atoms with E-state index < -0.39 is 6.16 Å². The molecular weight excluding hydrogens is 396 g/mol. The van der Waals surface area contributed by atoms with Crippen molar-refractivity contribution in [1.29, 1.82) is 0 Å². The van der Waals surface area contributed by atoms with Gasteiger partial charge in [-0.25, -0.2) is 4.79 Å². The van der Waals surface area contributed by atoms with Gasteiger partial charge < -0.3 is 9.47 Å². The summed E-state index contributed by atoms with van der Waals surface area (Å²) in [5.74, 6) is 5.20. The van der Waals surface area contributed by atoms with Crippen molar-refractivity contribution in [3.63, 3.8) is 0 Å². The quantitative estimate of drug-likeness (QED) is 0.306. The van der Waals surface area contributed by atoms with E-state index >= 15 is 0 Å². The molecule has 1 unspecified atom stereocenters. The second-order valence-electron chi connectivity index (χ2n) is 12.7. The fourth-order valence-corrected chi connectivity index (χ4v) is 8.94. The summed E-state index contributed by atoms with van der Waals surface area (Å²) in [6, 6.07) is 0. The zero-order valence-corrected chi connectivity index (χ0v) is 21.6. The van der Waals surface area contributed by atoms with Gasteiger partial charge in [-0.3, -0.25) is 0 Å². The molecule has 4 aliphatic rings. The molecule has 0 saturated heterocycles. The van der Waals surface area contributed by atoms with Crippen molar-refractivity contribution in [3.05, 3.63) is 11.6 Å². The van der Waals surface area contributed by atoms with Crippen LogP contribution in [0, 0.1) is 46.3 Å². The lowest BCUT2D eigenvalue weighted by molar-refractivity contribution is -0.0608. The number of fused-ring (bicyclic) bond motifs is 5. The van der Waals surface area contributed by atoms with Crippen molar-refractivity contribution in [2.45, 2.75) is 111 Å². The fraction of sp³-hybridized carbons (Fsp3) is 0.897. The molecule has 0 heterocycles. The Balaban J connectivity index is 1.45. The maximum absolute atomic E-state index is 11.6. The van der Waals surface area contributed by atoms with Gasteiger partial charge in [0.1, 0.15) is 6.10 Å². The molecule has 0 aromatic rings. The summed E-state index contributed by atoms with van der Waals surface area (Å²) in [5, 5.41) is 0. The van der Waals surface area contributed by atoms with Crippen LogP contribution in [0.3, 0.4) is 0 Å². The van der Waals surface area contributed by atoms with E-state index in [1.54, 1.807) is 5.57 Å². The van der Waals surface area contributed by atoms with Crippen molar-refractivity contribution >= 4 is 6.16 Å². The number of rotatable bonds is 6. The van der Waals surface area contributed by atoms with Crippen LogP contribution in [-0.2, 0) is 9.47 Å². The molecule has 32 heavy (non-hydrogen) atoms. The third kappa shape index (κ3) is 4.27. The van der Waals surface area contributed by atoms with E-state index in [-0.39, 0.29) is 6.10 Å². The van der Waals surface area contributed by atoms with Crippen LogP contribution >= 0.6 is 0 Å². The monoisotopic (exact) mass is 444 g/mol. The van der Waals surface area contributed by atoms with Crippen LogP contribution in [0.15, 0.2) is 11.6 Å². The van der Waals surface area contributed by atoms with Gasteiger partial charge in [-0.15, -0.1) is 0 Å². The Kier molecular flexibility index (Phi) is 7.04. The Labute approximate surface area is 197 Å². The van der Waals surface area contributed by atoms with Crippen LogP contribution in [0.25, 0.3) is 0 Å². The molecule has 3 saturated carbocycles. The molecule has 182 valence electrons. The van der Waals surface area contributed by atoms with Gasteiger partial charge >= 0.3 is 6.16 Å². The summed E-state index contributed by atoms with van der Waals surface area (Å²) < 4.78 is 10.3. The first-order valence-corrected chi connectivity index (χ1v) is 13.6. The third-order valence-electron chi connectivity index (χ3n) is 10.7. The standard InChI is InChI=1S/C29H48O3/c1-19(2)8-7-9-20(3)24-12-13-25-23-11-10-21-18-22(32-27(30)31-6)14-16-28(21,4)26(23)15-17-29(24,25)5/h10,19-20,22-26H,7-9,11-18H2,1-6H3/t20-,22?,23+,24-,25+,26+,28+,29-/m1/s1. The zero-order chi connectivity index (χ0) is 23.1. The molecule has 3 heteroatoms. The first-order valence-electron chi connectivity index (χ1n) is 13.6. The second-order valence-corrected chi connectivity index (χ2v) is 12.7. The highest BCUT2D eigenvalue weighted by molar-refractivity contribution is 5.59. The van der Waals surface area contributed by atoms with Gasteiger partial charge in [0.2, 0.25) is 0 Å². The van der Waals surface area contributed by atoms with Crippen molar-refractivity contribution in [2.24, 2.45) is 46.3 Å². The summed E-state index contributed by atoms with van der Waals surface area (Å²) in [6.07, 6.45) is 16.2. The predicted octanol–water partition coefficient (Wildman–Crippen LogP) is 8.18. The Bertz CT molecular complexity index is 711. The Morgan fingerprint density at radius 1 is 1.06 bits per heavy atom. The van der Waals surface area contributed by atoms with Gasteiger partial charge in [0.15, 0.2) is 0 Å². The van der Waals surface area contributed by atoms with Gasteiger partial charge in [0, 0.05) is 6.42 Å². The van der Waals surface area contributed by atoms with Gasteiger partial charge in [-0.2, -0.15) is 0 Å². The zero-order valence-electron chi connectivity index (χ0n) is 21.6. The van der Waals surface area contributed by atoms with Gasteiger partial charge in [0.05, 0.1) is 7.11 Å². The van der Waals surface area contributed by atoms with E-state index in [2.05, 4.69) is 40.7 Å². The number of hydrogen-bond acceptors (Lipinski definition) is 3. The Morgan fingerprint density at radius 2 is 1.84 bits per heavy atom. The molecule has 3 fully saturated rings. The number of methoxy groups -OCH3 is 1. The minimum Gasteiger partial charge on any atom is -0.438 e. The molecule has 4 rings (SSSR count). The minimum atomic E-state index is -0.527. The van der Waals surface area contributed by atoms with Crippen LogP contribution in [0.1, 0.15) is 105 Å². The van der Waals surface area contributed by atoms with Crippen molar-refractivity contribution in [1.82, 2.24) is 0 Å². The highest BCUT2D eigenvalue weighted by Gasteiger charge is 2.59. The first kappa shape index (κ1) is 24.1. The van der Waals surface area contributed by atoms with E-state index in [1.165, 1.54) is 58.5 Å². The second kappa shape index (κ2) is 9.34. The molecule has 0 aliphatic heterocycles. The molecule has 0 aromatic heterocycles. The topological polar surface area (TPSA) is 35.5 Å². The molecule has 8 atom stereocenters. The van der Waals surface area contributed by atoms with Crippen molar-refractivity contribution in [3.8, 4) is 0 Å². The van der Waals surface area contributed by atoms with Crippen LogP contribution in [0.5, 0.6) is 0 Å². The maximum Gasteiger partial charge on any atom is 0.508 e. The average molecular weight is 445 g/mol. The summed E-state index contributed by atoms with van der Waals surface area (Å²) in [6.45, 7) is 12.5. The number of carbonyl (C=O) groups is 1. The molecule has 0 spiro atoms. The molecule has 0 aromatic carbocycles. The highest BCUT2D eigenvalue weighted by atomic mass is 16.7. The van der Waals surface area contributed by atoms with Crippen molar-refractivity contribution < 1.29 is 14.3 Å². The maximum atomic E-state index is 11.6. The van der Waals surface area contributed by atoms with Gasteiger partial charge in [0.25, 0.3) is 0 Å². The lowest BCUT2D eigenvalue weighted by Gasteiger charge is -2.58. The fourth-order valence-electron chi connectivity index (χ4n) is 8.94. The van der Waals surface area contributed by atoms with Gasteiger partial charge in [-0.05, 0) is 91.3 Å². The van der Waals surface area contributed by atoms with Crippen LogP contribution in [0.4, 0.5) is 4.79 Å². The van der Waals surface area contributed by atoms with Crippen molar-refractivity contribution in [2.75, 3.05) is 7.11 Å². The minimum absolute atomic E-state index is 0.00488.